The van der Waals surface area contributed by atoms with Gasteiger partial charge in [0.1, 0.15) is 0 Å². The summed E-state index contributed by atoms with van der Waals surface area (Å²) in [5, 5.41) is 2.41. The van der Waals surface area contributed by atoms with Gasteiger partial charge in [-0.05, 0) is 70.6 Å². The van der Waals surface area contributed by atoms with Crippen LogP contribution in [0.4, 0.5) is 0 Å². The lowest BCUT2D eigenvalue weighted by Gasteiger charge is -2.28. The number of rotatable bonds is 7. The van der Waals surface area contributed by atoms with Gasteiger partial charge in [0, 0.05) is 22.1 Å². The first-order valence-electron chi connectivity index (χ1n) is 16.8. The molecule has 2 heterocycles. The van der Waals surface area contributed by atoms with Crippen LogP contribution in [0.1, 0.15) is 25.2 Å². The first-order valence-corrected chi connectivity index (χ1v) is 16.8. The Hall–Kier alpha value is -6.12. The smallest absolute Gasteiger partial charge is 0.0706 e. The summed E-state index contributed by atoms with van der Waals surface area (Å²) in [6, 6.07) is 64.3. The second-order valence-corrected chi connectivity index (χ2v) is 13.0. The predicted molar refractivity (Wildman–Crippen MR) is 205 cm³/mol. The van der Waals surface area contributed by atoms with Crippen LogP contribution in [0.5, 0.6) is 0 Å². The van der Waals surface area contributed by atoms with Crippen LogP contribution in [0, 0.1) is 0 Å². The zero-order valence-corrected chi connectivity index (χ0v) is 27.7. The largest absolute Gasteiger partial charge is 0.252 e. The average molecular weight is 629 g/mol. The Bertz CT molecular complexity index is 2370. The fourth-order valence-corrected chi connectivity index (χ4v) is 6.88. The molecule has 2 nitrogen and oxygen atoms in total. The van der Waals surface area contributed by atoms with Crippen LogP contribution in [0.2, 0.25) is 0 Å². The molecule has 0 saturated carbocycles. The molecule has 0 fully saturated rings. The van der Waals surface area contributed by atoms with Crippen LogP contribution < -0.4 is 0 Å². The zero-order valence-electron chi connectivity index (χ0n) is 27.7. The minimum Gasteiger partial charge on any atom is -0.252 e. The summed E-state index contributed by atoms with van der Waals surface area (Å²) in [7, 11) is 0. The molecule has 0 amide bonds. The van der Waals surface area contributed by atoms with Crippen LogP contribution in [0.15, 0.2) is 182 Å². The van der Waals surface area contributed by atoms with E-state index in [1.54, 1.807) is 0 Å². The molecule has 2 aromatic heterocycles. The molecule has 234 valence electrons. The van der Waals surface area contributed by atoms with Crippen LogP contribution in [-0.4, -0.2) is 9.97 Å². The molecule has 0 bridgehead atoms. The number of fused-ring (bicyclic) bond motifs is 1. The molecular weight excluding hydrogens is 593 g/mol. The van der Waals surface area contributed by atoms with E-state index >= 15 is 0 Å². The van der Waals surface area contributed by atoms with Gasteiger partial charge in [0.2, 0.25) is 0 Å². The van der Waals surface area contributed by atoms with Crippen molar-refractivity contribution in [2.45, 2.75) is 19.3 Å². The van der Waals surface area contributed by atoms with Crippen molar-refractivity contribution < 1.29 is 0 Å². The fraction of sp³-hybridized carbons (Fsp3) is 0.0638. The van der Waals surface area contributed by atoms with E-state index in [-0.39, 0.29) is 0 Å². The van der Waals surface area contributed by atoms with E-state index < -0.39 is 5.41 Å². The van der Waals surface area contributed by atoms with Crippen LogP contribution in [-0.2, 0) is 5.41 Å². The van der Waals surface area contributed by atoms with Crippen molar-refractivity contribution in [1.82, 2.24) is 9.97 Å². The zero-order chi connectivity index (χ0) is 33.2. The Morgan fingerprint density at radius 3 is 1.49 bits per heavy atom. The maximum absolute atomic E-state index is 5.48. The Balaban J connectivity index is 1.32. The molecule has 2 heteroatoms. The molecule has 8 aromatic rings. The van der Waals surface area contributed by atoms with E-state index in [2.05, 4.69) is 184 Å². The molecule has 0 radical (unpaired) electrons. The maximum Gasteiger partial charge on any atom is 0.0706 e. The predicted octanol–water partition coefficient (Wildman–Crippen LogP) is 12.3. The third-order valence-electron chi connectivity index (χ3n) is 9.51. The van der Waals surface area contributed by atoms with Crippen LogP contribution in [0.25, 0.3) is 66.7 Å². The molecule has 0 aliphatic carbocycles. The minimum atomic E-state index is -0.515. The van der Waals surface area contributed by atoms with E-state index in [1.165, 1.54) is 33.0 Å². The highest BCUT2D eigenvalue weighted by Gasteiger charge is 2.31. The van der Waals surface area contributed by atoms with Crippen LogP contribution in [0.3, 0.4) is 0 Å². The highest BCUT2D eigenvalue weighted by Crippen LogP contribution is 2.43. The van der Waals surface area contributed by atoms with Gasteiger partial charge >= 0.3 is 0 Å². The lowest BCUT2D eigenvalue weighted by Crippen LogP contribution is -2.24. The normalized spacial score (nSPS) is 11.5. The Morgan fingerprint density at radius 1 is 0.347 bits per heavy atom. The summed E-state index contributed by atoms with van der Waals surface area (Å²) in [5.74, 6) is 0. The van der Waals surface area contributed by atoms with Gasteiger partial charge in [-0.3, -0.25) is 9.97 Å². The van der Waals surface area contributed by atoms with Crippen molar-refractivity contribution >= 4 is 10.8 Å². The molecule has 0 atom stereocenters. The molecule has 0 spiro atoms. The standard InChI is InChI=1S/C47H36N2/c1-47(2,44-26-14-25-42(48-44)36-17-8-4-9-18-36)46-41(31-32-43(49-46)37-19-10-5-11-20-37)40-24-13-22-38-21-12-23-39(45(38)40)35-29-27-34(28-30-35)33-15-6-3-7-16-33/h3-32H,1-2H3. The SMILES string of the molecule is CC(C)(c1cccc(-c2ccccc2)n1)c1nc(-c2ccccc2)ccc1-c1cccc2cccc(-c3ccc(-c4ccccc4)cc3)c12. The van der Waals surface area contributed by atoms with Gasteiger partial charge in [0.05, 0.1) is 22.8 Å². The quantitative estimate of drug-likeness (QED) is 0.175. The summed E-state index contributed by atoms with van der Waals surface area (Å²) in [5.41, 5.74) is 12.6. The summed E-state index contributed by atoms with van der Waals surface area (Å²) < 4.78 is 0. The van der Waals surface area contributed by atoms with E-state index in [0.29, 0.717) is 0 Å². The molecule has 0 unspecified atom stereocenters. The number of benzene rings is 6. The van der Waals surface area contributed by atoms with Crippen LogP contribution >= 0.6 is 0 Å². The topological polar surface area (TPSA) is 25.8 Å². The third kappa shape index (κ3) is 5.83. The van der Waals surface area contributed by atoms with Crippen molar-refractivity contribution in [3.8, 4) is 55.9 Å². The van der Waals surface area contributed by atoms with Gasteiger partial charge in [0.25, 0.3) is 0 Å². The monoisotopic (exact) mass is 628 g/mol. The fourth-order valence-electron chi connectivity index (χ4n) is 6.88. The van der Waals surface area contributed by atoms with Gasteiger partial charge in [-0.1, -0.05) is 164 Å². The van der Waals surface area contributed by atoms with E-state index in [0.717, 1.165) is 45.0 Å². The summed E-state index contributed by atoms with van der Waals surface area (Å²) in [6.07, 6.45) is 0. The molecule has 0 aliphatic rings. The minimum absolute atomic E-state index is 0.515. The Morgan fingerprint density at radius 2 is 0.857 bits per heavy atom. The highest BCUT2D eigenvalue weighted by atomic mass is 14.8. The van der Waals surface area contributed by atoms with Crippen molar-refractivity contribution in [1.29, 1.82) is 0 Å². The number of aromatic nitrogens is 2. The van der Waals surface area contributed by atoms with Crippen molar-refractivity contribution in [2.75, 3.05) is 0 Å². The third-order valence-corrected chi connectivity index (χ3v) is 9.51. The van der Waals surface area contributed by atoms with E-state index in [1.807, 2.05) is 12.1 Å². The van der Waals surface area contributed by atoms with Crippen molar-refractivity contribution in [3.05, 3.63) is 193 Å². The van der Waals surface area contributed by atoms with Gasteiger partial charge < -0.3 is 0 Å². The molecule has 6 aromatic carbocycles. The lowest BCUT2D eigenvalue weighted by molar-refractivity contribution is 0.599. The number of hydrogen-bond acceptors (Lipinski definition) is 2. The van der Waals surface area contributed by atoms with Crippen molar-refractivity contribution in [2.24, 2.45) is 0 Å². The molecule has 0 aliphatic heterocycles. The van der Waals surface area contributed by atoms with E-state index in [4.69, 9.17) is 9.97 Å². The maximum atomic E-state index is 5.48. The van der Waals surface area contributed by atoms with E-state index in [9.17, 15) is 0 Å². The Kier molecular flexibility index (Phi) is 7.91. The van der Waals surface area contributed by atoms with Gasteiger partial charge in [-0.15, -0.1) is 0 Å². The first-order chi connectivity index (χ1) is 24.1. The summed E-state index contributed by atoms with van der Waals surface area (Å²) >= 11 is 0. The first kappa shape index (κ1) is 30.2. The molecular formula is C47H36N2. The number of pyridine rings is 2. The van der Waals surface area contributed by atoms with Crippen molar-refractivity contribution in [3.63, 3.8) is 0 Å². The highest BCUT2D eigenvalue weighted by molar-refractivity contribution is 6.07. The second kappa shape index (κ2) is 12.8. The van der Waals surface area contributed by atoms with Gasteiger partial charge in [0.15, 0.2) is 0 Å². The average Bonchev–Trinajstić information content (AvgIpc) is 3.18. The second-order valence-electron chi connectivity index (χ2n) is 13.0. The Labute approximate surface area is 288 Å². The molecule has 49 heavy (non-hydrogen) atoms. The summed E-state index contributed by atoms with van der Waals surface area (Å²) in [6.45, 7) is 4.50. The number of nitrogens with zero attached hydrogens (tertiary/aromatic N) is 2. The lowest BCUT2D eigenvalue weighted by atomic mass is 9.79. The molecule has 8 rings (SSSR count). The summed E-state index contributed by atoms with van der Waals surface area (Å²) in [4.78, 5) is 10.7. The van der Waals surface area contributed by atoms with Gasteiger partial charge in [-0.2, -0.15) is 0 Å². The molecule has 0 saturated heterocycles. The molecule has 0 N–H and O–H groups in total. The number of hydrogen-bond donors (Lipinski definition) is 0. The van der Waals surface area contributed by atoms with Gasteiger partial charge in [-0.25, -0.2) is 0 Å².